The van der Waals surface area contributed by atoms with Gasteiger partial charge in [-0.05, 0) is 32.4 Å². The molecule has 2 unspecified atom stereocenters. The molecule has 20 heavy (non-hydrogen) atoms. The van der Waals surface area contributed by atoms with E-state index in [1.54, 1.807) is 11.6 Å². The number of furan rings is 1. The Kier molecular flexibility index (Phi) is 4.92. The van der Waals surface area contributed by atoms with E-state index < -0.39 is 0 Å². The van der Waals surface area contributed by atoms with E-state index in [0.717, 1.165) is 23.6 Å². The standard InChI is InChI=1S/C14H19N3O2S/c1-9(5-6-11-4-3-7-19-11)16-13(18)12-8-20-14(17-12)10(2)15/h3-4,7-10H,5-6,15H2,1-2H3,(H,16,18). The zero-order valence-electron chi connectivity index (χ0n) is 11.6. The summed E-state index contributed by atoms with van der Waals surface area (Å²) in [5.41, 5.74) is 6.17. The second-order valence-electron chi connectivity index (χ2n) is 4.85. The van der Waals surface area contributed by atoms with Crippen LogP contribution in [-0.4, -0.2) is 16.9 Å². The van der Waals surface area contributed by atoms with Crippen molar-refractivity contribution in [2.45, 2.75) is 38.8 Å². The van der Waals surface area contributed by atoms with Crippen molar-refractivity contribution in [2.75, 3.05) is 0 Å². The Morgan fingerprint density at radius 1 is 1.55 bits per heavy atom. The first kappa shape index (κ1) is 14.7. The maximum atomic E-state index is 12.0. The van der Waals surface area contributed by atoms with Crippen molar-refractivity contribution in [1.29, 1.82) is 0 Å². The van der Waals surface area contributed by atoms with Crippen LogP contribution in [0.15, 0.2) is 28.2 Å². The van der Waals surface area contributed by atoms with Gasteiger partial charge in [-0.25, -0.2) is 4.98 Å². The quantitative estimate of drug-likeness (QED) is 0.857. The molecule has 0 aliphatic rings. The van der Waals surface area contributed by atoms with Crippen LogP contribution < -0.4 is 11.1 Å². The molecular formula is C14H19N3O2S. The number of hydrogen-bond donors (Lipinski definition) is 2. The summed E-state index contributed by atoms with van der Waals surface area (Å²) >= 11 is 1.41. The van der Waals surface area contributed by atoms with Gasteiger partial charge >= 0.3 is 0 Å². The Labute approximate surface area is 122 Å². The molecule has 0 aliphatic heterocycles. The van der Waals surface area contributed by atoms with E-state index in [1.807, 2.05) is 26.0 Å². The van der Waals surface area contributed by atoms with Gasteiger partial charge in [0, 0.05) is 17.8 Å². The highest BCUT2D eigenvalue weighted by Gasteiger charge is 2.15. The molecule has 108 valence electrons. The van der Waals surface area contributed by atoms with E-state index in [4.69, 9.17) is 10.2 Å². The average Bonchev–Trinajstić information content (AvgIpc) is 3.07. The number of nitrogens with two attached hydrogens (primary N) is 1. The molecule has 2 aromatic rings. The Morgan fingerprint density at radius 3 is 2.95 bits per heavy atom. The Hall–Kier alpha value is -1.66. The van der Waals surface area contributed by atoms with Gasteiger partial charge < -0.3 is 15.5 Å². The fraction of sp³-hybridized carbons (Fsp3) is 0.429. The first-order chi connectivity index (χ1) is 9.56. The van der Waals surface area contributed by atoms with Gasteiger partial charge in [0.2, 0.25) is 0 Å². The monoisotopic (exact) mass is 293 g/mol. The summed E-state index contributed by atoms with van der Waals surface area (Å²) < 4.78 is 5.27. The van der Waals surface area contributed by atoms with Crippen molar-refractivity contribution in [2.24, 2.45) is 5.73 Å². The third-order valence-electron chi connectivity index (χ3n) is 2.93. The van der Waals surface area contributed by atoms with Crippen molar-refractivity contribution in [1.82, 2.24) is 10.3 Å². The predicted octanol–water partition coefficient (Wildman–Crippen LogP) is 2.51. The van der Waals surface area contributed by atoms with Crippen LogP contribution in [0.4, 0.5) is 0 Å². The van der Waals surface area contributed by atoms with Gasteiger partial charge in [-0.1, -0.05) is 0 Å². The average molecular weight is 293 g/mol. The molecule has 2 rings (SSSR count). The molecule has 1 amide bonds. The number of carbonyl (C=O) groups excluding carboxylic acids is 1. The van der Waals surface area contributed by atoms with Crippen LogP contribution in [0.25, 0.3) is 0 Å². The number of hydrogen-bond acceptors (Lipinski definition) is 5. The Balaban J connectivity index is 1.83. The van der Waals surface area contributed by atoms with E-state index in [-0.39, 0.29) is 18.0 Å². The molecular weight excluding hydrogens is 274 g/mol. The molecule has 2 atom stereocenters. The van der Waals surface area contributed by atoms with Crippen molar-refractivity contribution in [3.05, 3.63) is 40.2 Å². The molecule has 0 saturated heterocycles. The lowest BCUT2D eigenvalue weighted by Gasteiger charge is -2.11. The molecule has 5 nitrogen and oxygen atoms in total. The number of nitrogens with zero attached hydrogens (tertiary/aromatic N) is 1. The number of aryl methyl sites for hydroxylation is 1. The third kappa shape index (κ3) is 3.91. The molecule has 0 fully saturated rings. The summed E-state index contributed by atoms with van der Waals surface area (Å²) in [5, 5.41) is 5.45. The summed E-state index contributed by atoms with van der Waals surface area (Å²) in [6.45, 7) is 3.83. The lowest BCUT2D eigenvalue weighted by atomic mass is 10.1. The summed E-state index contributed by atoms with van der Waals surface area (Å²) in [7, 11) is 0. The normalized spacial score (nSPS) is 13.9. The number of thiazole rings is 1. The molecule has 6 heteroatoms. The highest BCUT2D eigenvalue weighted by Crippen LogP contribution is 2.16. The van der Waals surface area contributed by atoms with Crippen LogP contribution in [0.1, 0.15) is 47.6 Å². The highest BCUT2D eigenvalue weighted by molar-refractivity contribution is 7.09. The van der Waals surface area contributed by atoms with Gasteiger partial charge in [-0.15, -0.1) is 11.3 Å². The van der Waals surface area contributed by atoms with Crippen LogP contribution >= 0.6 is 11.3 Å². The number of nitrogens with one attached hydrogen (secondary N) is 1. The molecule has 0 aromatic carbocycles. The number of amides is 1. The molecule has 0 radical (unpaired) electrons. The molecule has 0 bridgehead atoms. The number of rotatable bonds is 6. The minimum atomic E-state index is -0.153. The van der Waals surface area contributed by atoms with E-state index >= 15 is 0 Å². The topological polar surface area (TPSA) is 81.2 Å². The second-order valence-corrected chi connectivity index (χ2v) is 5.74. The predicted molar refractivity (Wildman–Crippen MR) is 78.7 cm³/mol. The lowest BCUT2D eigenvalue weighted by Crippen LogP contribution is -2.33. The number of carbonyl (C=O) groups is 1. The van der Waals surface area contributed by atoms with Gasteiger partial charge in [-0.2, -0.15) is 0 Å². The molecule has 0 spiro atoms. The van der Waals surface area contributed by atoms with Gasteiger partial charge in [0.05, 0.1) is 12.3 Å². The largest absolute Gasteiger partial charge is 0.469 e. The maximum absolute atomic E-state index is 12.0. The summed E-state index contributed by atoms with van der Waals surface area (Å²) in [6, 6.07) is 3.72. The fourth-order valence-corrected chi connectivity index (χ4v) is 2.54. The molecule has 2 aromatic heterocycles. The van der Waals surface area contributed by atoms with E-state index in [2.05, 4.69) is 10.3 Å². The second kappa shape index (κ2) is 6.67. The fourth-order valence-electron chi connectivity index (χ4n) is 1.78. The van der Waals surface area contributed by atoms with Crippen molar-refractivity contribution < 1.29 is 9.21 Å². The van der Waals surface area contributed by atoms with Gasteiger partial charge in [0.15, 0.2) is 0 Å². The first-order valence-corrected chi connectivity index (χ1v) is 7.48. The highest BCUT2D eigenvalue weighted by atomic mass is 32.1. The van der Waals surface area contributed by atoms with Crippen molar-refractivity contribution in [3.63, 3.8) is 0 Å². The van der Waals surface area contributed by atoms with Crippen molar-refractivity contribution >= 4 is 17.2 Å². The Bertz CT molecular complexity index is 549. The molecule has 0 aliphatic carbocycles. The van der Waals surface area contributed by atoms with E-state index in [9.17, 15) is 4.79 Å². The third-order valence-corrected chi connectivity index (χ3v) is 3.97. The van der Waals surface area contributed by atoms with Gasteiger partial charge in [-0.3, -0.25) is 4.79 Å². The van der Waals surface area contributed by atoms with Crippen LogP contribution in [-0.2, 0) is 6.42 Å². The maximum Gasteiger partial charge on any atom is 0.270 e. The van der Waals surface area contributed by atoms with Crippen LogP contribution in [0.2, 0.25) is 0 Å². The van der Waals surface area contributed by atoms with E-state index in [1.165, 1.54) is 11.3 Å². The van der Waals surface area contributed by atoms with Crippen LogP contribution in [0.5, 0.6) is 0 Å². The summed E-state index contributed by atoms with van der Waals surface area (Å²) in [5.74, 6) is 0.777. The van der Waals surface area contributed by atoms with Crippen LogP contribution in [0, 0.1) is 0 Å². The van der Waals surface area contributed by atoms with Gasteiger partial charge in [0.1, 0.15) is 16.5 Å². The minimum absolute atomic E-state index is 0.0630. The smallest absolute Gasteiger partial charge is 0.270 e. The molecule has 2 heterocycles. The number of aromatic nitrogens is 1. The lowest BCUT2D eigenvalue weighted by molar-refractivity contribution is 0.0933. The molecule has 0 saturated carbocycles. The zero-order valence-corrected chi connectivity index (χ0v) is 12.4. The summed E-state index contributed by atoms with van der Waals surface area (Å²) in [4.78, 5) is 16.3. The first-order valence-electron chi connectivity index (χ1n) is 6.60. The summed E-state index contributed by atoms with van der Waals surface area (Å²) in [6.07, 6.45) is 3.28. The molecule has 3 N–H and O–H groups in total. The SMILES string of the molecule is CC(CCc1ccco1)NC(=O)c1csc(C(C)N)n1. The van der Waals surface area contributed by atoms with E-state index in [0.29, 0.717) is 5.69 Å². The minimum Gasteiger partial charge on any atom is -0.469 e. The van der Waals surface area contributed by atoms with Crippen LogP contribution in [0.3, 0.4) is 0 Å². The Morgan fingerprint density at radius 2 is 2.35 bits per heavy atom. The zero-order chi connectivity index (χ0) is 14.5. The van der Waals surface area contributed by atoms with Crippen molar-refractivity contribution in [3.8, 4) is 0 Å². The van der Waals surface area contributed by atoms with Gasteiger partial charge in [0.25, 0.3) is 5.91 Å².